The van der Waals surface area contributed by atoms with Gasteiger partial charge in [0, 0.05) is 43.4 Å². The minimum absolute atomic E-state index is 0.0986. The third-order valence-corrected chi connectivity index (χ3v) is 10.2. The molecule has 2 aromatic carbocycles. The quantitative estimate of drug-likeness (QED) is 0.187. The highest BCUT2D eigenvalue weighted by molar-refractivity contribution is 8.26. The number of hydrogen-bond donors (Lipinski definition) is 1. The highest BCUT2D eigenvalue weighted by Crippen LogP contribution is 2.35. The second-order valence-electron chi connectivity index (χ2n) is 9.80. The predicted molar refractivity (Wildman–Crippen MR) is 165 cm³/mol. The van der Waals surface area contributed by atoms with Crippen molar-refractivity contribution in [3.63, 3.8) is 0 Å². The van der Waals surface area contributed by atoms with Crippen LogP contribution in [-0.2, 0) is 24.3 Å². The fourth-order valence-corrected chi connectivity index (χ4v) is 7.48. The maximum atomic E-state index is 13.4. The van der Waals surface area contributed by atoms with E-state index in [4.69, 9.17) is 27.2 Å². The second kappa shape index (κ2) is 13.3. The number of thioether (sulfide) groups is 1. The van der Waals surface area contributed by atoms with Gasteiger partial charge in [-0.3, -0.25) is 14.5 Å². The highest BCUT2D eigenvalue weighted by atomic mass is 32.2. The summed E-state index contributed by atoms with van der Waals surface area (Å²) < 4.78 is 35.6. The van der Waals surface area contributed by atoms with Crippen LogP contribution in [-0.4, -0.2) is 81.6 Å². The van der Waals surface area contributed by atoms with Crippen molar-refractivity contribution in [1.82, 2.24) is 19.0 Å². The molecule has 2 fully saturated rings. The monoisotopic (exact) mass is 626 g/mol. The lowest BCUT2D eigenvalue weighted by atomic mass is 10.1. The molecular formula is C29H30N4O6S3. The van der Waals surface area contributed by atoms with E-state index in [9.17, 15) is 18.0 Å². The molecule has 0 spiro atoms. The summed E-state index contributed by atoms with van der Waals surface area (Å²) in [5.74, 6) is -1.05. The molecule has 0 saturated carbocycles. The molecule has 10 nitrogen and oxygen atoms in total. The van der Waals surface area contributed by atoms with E-state index in [2.05, 4.69) is 0 Å². The van der Waals surface area contributed by atoms with Gasteiger partial charge in [-0.1, -0.05) is 60.7 Å². The summed E-state index contributed by atoms with van der Waals surface area (Å²) in [6, 6.07) is 16.2. The molecule has 1 N–H and O–H groups in total. The fourth-order valence-electron chi connectivity index (χ4n) is 4.73. The Bertz CT molecular complexity index is 1610. The van der Waals surface area contributed by atoms with Gasteiger partial charge >= 0.3 is 5.97 Å². The number of thiocarbonyl (C=S) groups is 1. The van der Waals surface area contributed by atoms with Crippen LogP contribution in [0.5, 0.6) is 0 Å². The van der Waals surface area contributed by atoms with Crippen LogP contribution in [0.2, 0.25) is 0 Å². The van der Waals surface area contributed by atoms with Crippen molar-refractivity contribution in [2.75, 3.05) is 32.8 Å². The Kier molecular flexibility index (Phi) is 9.53. The maximum Gasteiger partial charge on any atom is 0.303 e. The molecule has 0 unspecified atom stereocenters. The SMILES string of the molecule is O=C(O)CCCCCN1C(=O)/C(=C/c2cn(-c3ccccc3)nc2-c2cccc(S(=O)(=O)N3CCOCC3)c2)SC1=S. The Labute approximate surface area is 254 Å². The third kappa shape index (κ3) is 6.81. The van der Waals surface area contributed by atoms with Gasteiger partial charge in [0.25, 0.3) is 5.91 Å². The summed E-state index contributed by atoms with van der Waals surface area (Å²) in [4.78, 5) is 26.2. The normalized spacial score (nSPS) is 17.3. The standard InChI is InChI=1S/C29H30N4O6S3/c34-26(35)12-5-2-6-13-32-28(36)25(41-29(32)40)19-22-20-33(23-9-3-1-4-10-23)30-27(22)21-8-7-11-24(18-21)42(37,38)31-14-16-39-17-15-31/h1,3-4,7-11,18-20H,2,5-6,12-17H2,(H,34,35)/b25-19-. The smallest absolute Gasteiger partial charge is 0.303 e. The first-order valence-corrected chi connectivity index (χ1v) is 16.2. The molecule has 220 valence electrons. The van der Waals surface area contributed by atoms with Gasteiger partial charge in [-0.05, 0) is 43.2 Å². The largest absolute Gasteiger partial charge is 0.481 e. The van der Waals surface area contributed by atoms with Crippen LogP contribution in [0, 0.1) is 0 Å². The zero-order chi connectivity index (χ0) is 29.7. The summed E-state index contributed by atoms with van der Waals surface area (Å²) in [6.07, 6.45) is 5.53. The van der Waals surface area contributed by atoms with E-state index in [1.54, 1.807) is 39.9 Å². The second-order valence-corrected chi connectivity index (χ2v) is 13.4. The van der Waals surface area contributed by atoms with Crippen LogP contribution in [0.3, 0.4) is 0 Å². The number of carboxylic acid groups (broad SMARTS) is 1. The van der Waals surface area contributed by atoms with Crippen LogP contribution >= 0.6 is 24.0 Å². The van der Waals surface area contributed by atoms with Crippen LogP contribution in [0.1, 0.15) is 31.2 Å². The lowest BCUT2D eigenvalue weighted by molar-refractivity contribution is -0.137. The molecule has 0 aliphatic carbocycles. The van der Waals surface area contributed by atoms with E-state index in [1.165, 1.54) is 16.1 Å². The molecule has 0 bridgehead atoms. The van der Waals surface area contributed by atoms with Crippen LogP contribution in [0.15, 0.2) is 70.6 Å². The van der Waals surface area contributed by atoms with Crippen molar-refractivity contribution in [2.45, 2.75) is 30.6 Å². The van der Waals surface area contributed by atoms with Crippen LogP contribution in [0.4, 0.5) is 0 Å². The Balaban J connectivity index is 1.46. The number of amides is 1. The Morgan fingerprint density at radius 1 is 1.07 bits per heavy atom. The zero-order valence-corrected chi connectivity index (χ0v) is 25.2. The topological polar surface area (TPSA) is 122 Å². The average molecular weight is 627 g/mol. The number of carbonyl (C=O) groups excluding carboxylic acids is 1. The van der Waals surface area contributed by atoms with Crippen molar-refractivity contribution >= 4 is 56.3 Å². The average Bonchev–Trinajstić information content (AvgIpc) is 3.54. The molecule has 5 rings (SSSR count). The van der Waals surface area contributed by atoms with Crippen molar-refractivity contribution in [1.29, 1.82) is 0 Å². The molecule has 3 heterocycles. The molecule has 2 aliphatic rings. The van der Waals surface area contributed by atoms with Crippen LogP contribution in [0.25, 0.3) is 23.0 Å². The molecule has 1 amide bonds. The van der Waals surface area contributed by atoms with E-state index in [-0.39, 0.29) is 17.2 Å². The number of ether oxygens (including phenoxy) is 1. The molecule has 2 aliphatic heterocycles. The fraction of sp³-hybridized carbons (Fsp3) is 0.310. The number of morpholine rings is 1. The van der Waals surface area contributed by atoms with E-state index in [0.717, 1.165) is 5.69 Å². The van der Waals surface area contributed by atoms with Crippen molar-refractivity contribution in [3.8, 4) is 16.9 Å². The summed E-state index contributed by atoms with van der Waals surface area (Å²) in [5.41, 5.74) is 2.57. The number of benzene rings is 2. The van der Waals surface area contributed by atoms with Crippen molar-refractivity contribution < 1.29 is 27.9 Å². The lowest BCUT2D eigenvalue weighted by Crippen LogP contribution is -2.40. The first-order valence-electron chi connectivity index (χ1n) is 13.5. The molecular weight excluding hydrogens is 597 g/mol. The number of para-hydroxylation sites is 1. The summed E-state index contributed by atoms with van der Waals surface area (Å²) in [5, 5.41) is 13.6. The molecule has 42 heavy (non-hydrogen) atoms. The van der Waals surface area contributed by atoms with Gasteiger partial charge in [0.2, 0.25) is 10.0 Å². The number of sulfonamides is 1. The number of unbranched alkanes of at least 4 members (excludes halogenated alkanes) is 2. The van der Waals surface area contributed by atoms with E-state index in [0.29, 0.717) is 78.2 Å². The number of rotatable bonds is 11. The first kappa shape index (κ1) is 30.1. The van der Waals surface area contributed by atoms with Gasteiger partial charge < -0.3 is 9.84 Å². The van der Waals surface area contributed by atoms with Crippen molar-refractivity contribution in [3.05, 3.63) is 71.3 Å². The summed E-state index contributed by atoms with van der Waals surface area (Å²) >= 11 is 6.69. The molecule has 0 radical (unpaired) electrons. The number of aromatic nitrogens is 2. The minimum atomic E-state index is -3.73. The molecule has 3 aromatic rings. The zero-order valence-electron chi connectivity index (χ0n) is 22.7. The Hall–Kier alpha value is -3.36. The van der Waals surface area contributed by atoms with Crippen molar-refractivity contribution in [2.24, 2.45) is 0 Å². The highest BCUT2D eigenvalue weighted by Gasteiger charge is 2.32. The minimum Gasteiger partial charge on any atom is -0.481 e. The van der Waals surface area contributed by atoms with Gasteiger partial charge in [0.15, 0.2) is 0 Å². The van der Waals surface area contributed by atoms with Gasteiger partial charge in [-0.15, -0.1) is 0 Å². The molecule has 1 aromatic heterocycles. The number of aliphatic carboxylic acids is 1. The summed E-state index contributed by atoms with van der Waals surface area (Å²) in [7, 11) is -3.73. The Morgan fingerprint density at radius 3 is 2.57 bits per heavy atom. The van der Waals surface area contributed by atoms with Gasteiger partial charge in [-0.25, -0.2) is 13.1 Å². The number of hydrogen-bond acceptors (Lipinski definition) is 8. The van der Waals surface area contributed by atoms with E-state index < -0.39 is 16.0 Å². The Morgan fingerprint density at radius 2 is 1.83 bits per heavy atom. The molecule has 13 heteroatoms. The van der Waals surface area contributed by atoms with Gasteiger partial charge in [0.05, 0.1) is 28.7 Å². The van der Waals surface area contributed by atoms with Gasteiger partial charge in [0.1, 0.15) is 10.0 Å². The number of carbonyl (C=O) groups is 2. The molecule has 0 atom stereocenters. The first-order chi connectivity index (χ1) is 20.2. The van der Waals surface area contributed by atoms with E-state index >= 15 is 0 Å². The summed E-state index contributed by atoms with van der Waals surface area (Å²) in [6.45, 7) is 1.71. The number of carboxylic acids is 1. The third-order valence-electron chi connectivity index (χ3n) is 6.91. The van der Waals surface area contributed by atoms with Crippen LogP contribution < -0.4 is 0 Å². The number of nitrogens with zero attached hydrogens (tertiary/aromatic N) is 4. The lowest BCUT2D eigenvalue weighted by Gasteiger charge is -2.26. The van der Waals surface area contributed by atoms with E-state index in [1.807, 2.05) is 36.5 Å². The predicted octanol–water partition coefficient (Wildman–Crippen LogP) is 4.41. The van der Waals surface area contributed by atoms with Gasteiger partial charge in [-0.2, -0.15) is 9.40 Å². The maximum absolute atomic E-state index is 13.4. The molecule has 2 saturated heterocycles.